The van der Waals surface area contributed by atoms with Crippen LogP contribution in [0.5, 0.6) is 0 Å². The lowest BCUT2D eigenvalue weighted by Crippen LogP contribution is -2.24. The predicted octanol–water partition coefficient (Wildman–Crippen LogP) is 1.24. The molecule has 0 aliphatic heterocycles. The largest absolute Gasteiger partial charge is 0.379 e. The standard InChI is InChI=1S/C13H17N3O3S2/c1-9(17)14-4-5-19-6-8-21-13-15-10-3-7-20-11(10)12(18)16(13)2/h3,7H,4-6,8H2,1-2H3,(H,14,17). The highest BCUT2D eigenvalue weighted by atomic mass is 32.2. The zero-order valence-corrected chi connectivity index (χ0v) is 13.6. The first kappa shape index (κ1) is 16.0. The Morgan fingerprint density at radius 3 is 3.10 bits per heavy atom. The SMILES string of the molecule is CC(=O)NCCOCCSc1nc2ccsc2c(=O)n1C. The quantitative estimate of drug-likeness (QED) is 0.470. The summed E-state index contributed by atoms with van der Waals surface area (Å²) in [5.74, 6) is 0.645. The highest BCUT2D eigenvalue weighted by Crippen LogP contribution is 2.19. The van der Waals surface area contributed by atoms with Crippen molar-refractivity contribution in [1.82, 2.24) is 14.9 Å². The number of thiophene rings is 1. The Morgan fingerprint density at radius 2 is 2.33 bits per heavy atom. The third-order valence-corrected chi connectivity index (χ3v) is 4.61. The van der Waals surface area contributed by atoms with Crippen molar-refractivity contribution in [2.24, 2.45) is 7.05 Å². The molecule has 0 aliphatic carbocycles. The number of nitrogens with one attached hydrogen (secondary N) is 1. The lowest BCUT2D eigenvalue weighted by Gasteiger charge is -2.07. The Balaban J connectivity index is 1.82. The maximum absolute atomic E-state index is 12.1. The number of aromatic nitrogens is 2. The van der Waals surface area contributed by atoms with E-state index in [9.17, 15) is 9.59 Å². The number of nitrogens with zero attached hydrogens (tertiary/aromatic N) is 2. The fraction of sp³-hybridized carbons (Fsp3) is 0.462. The molecule has 114 valence electrons. The number of amides is 1. The molecule has 1 amide bonds. The molecule has 2 rings (SSSR count). The molecule has 0 atom stereocenters. The van der Waals surface area contributed by atoms with Crippen LogP contribution in [0.15, 0.2) is 21.4 Å². The summed E-state index contributed by atoms with van der Waals surface area (Å²) in [6.07, 6.45) is 0. The van der Waals surface area contributed by atoms with Crippen LogP contribution in [0.2, 0.25) is 0 Å². The molecular formula is C13H17N3O3S2. The van der Waals surface area contributed by atoms with E-state index in [-0.39, 0.29) is 11.5 Å². The van der Waals surface area contributed by atoms with E-state index in [0.29, 0.717) is 35.4 Å². The van der Waals surface area contributed by atoms with Gasteiger partial charge in [0, 0.05) is 26.3 Å². The van der Waals surface area contributed by atoms with E-state index in [1.807, 2.05) is 11.4 Å². The number of rotatable bonds is 7. The van der Waals surface area contributed by atoms with Crippen LogP contribution >= 0.6 is 23.1 Å². The Kier molecular flexibility index (Phi) is 5.77. The molecule has 1 N–H and O–H groups in total. The monoisotopic (exact) mass is 327 g/mol. The number of fused-ring (bicyclic) bond motifs is 1. The van der Waals surface area contributed by atoms with Crippen LogP contribution in [0.4, 0.5) is 0 Å². The van der Waals surface area contributed by atoms with Gasteiger partial charge in [-0.3, -0.25) is 14.2 Å². The molecule has 0 unspecified atom stereocenters. The van der Waals surface area contributed by atoms with Crippen molar-refractivity contribution in [3.05, 3.63) is 21.8 Å². The van der Waals surface area contributed by atoms with Gasteiger partial charge in [0.25, 0.3) is 5.56 Å². The Labute approximate surface area is 130 Å². The van der Waals surface area contributed by atoms with Gasteiger partial charge < -0.3 is 10.1 Å². The minimum absolute atomic E-state index is 0.0101. The highest BCUT2D eigenvalue weighted by molar-refractivity contribution is 7.99. The van der Waals surface area contributed by atoms with E-state index >= 15 is 0 Å². The fourth-order valence-electron chi connectivity index (χ4n) is 1.69. The first-order chi connectivity index (χ1) is 10.1. The van der Waals surface area contributed by atoms with Gasteiger partial charge in [0.1, 0.15) is 4.70 Å². The average Bonchev–Trinajstić information content (AvgIpc) is 2.91. The molecule has 0 bridgehead atoms. The molecule has 6 nitrogen and oxygen atoms in total. The molecule has 2 heterocycles. The molecule has 0 aliphatic rings. The van der Waals surface area contributed by atoms with Gasteiger partial charge in [-0.05, 0) is 11.4 Å². The summed E-state index contributed by atoms with van der Waals surface area (Å²) in [6, 6.07) is 1.86. The maximum Gasteiger partial charge on any atom is 0.271 e. The Bertz CT molecular complexity index is 681. The van der Waals surface area contributed by atoms with Crippen LogP contribution in [-0.2, 0) is 16.6 Å². The van der Waals surface area contributed by atoms with E-state index in [2.05, 4.69) is 10.3 Å². The molecule has 0 fully saturated rings. The lowest BCUT2D eigenvalue weighted by atomic mass is 10.5. The normalized spacial score (nSPS) is 11.0. The molecule has 2 aromatic heterocycles. The molecule has 0 saturated heterocycles. The second-order valence-electron chi connectivity index (χ2n) is 4.34. The zero-order valence-electron chi connectivity index (χ0n) is 11.9. The van der Waals surface area contributed by atoms with Crippen molar-refractivity contribution in [3.8, 4) is 0 Å². The predicted molar refractivity (Wildman–Crippen MR) is 85.1 cm³/mol. The van der Waals surface area contributed by atoms with Crippen LogP contribution in [0, 0.1) is 0 Å². The van der Waals surface area contributed by atoms with Crippen molar-refractivity contribution < 1.29 is 9.53 Å². The van der Waals surface area contributed by atoms with Gasteiger partial charge in [-0.15, -0.1) is 11.3 Å². The molecule has 0 aromatic carbocycles. The van der Waals surface area contributed by atoms with Gasteiger partial charge in [-0.1, -0.05) is 11.8 Å². The summed E-state index contributed by atoms with van der Waals surface area (Å²) < 4.78 is 7.66. The third kappa shape index (κ3) is 4.29. The van der Waals surface area contributed by atoms with E-state index in [0.717, 1.165) is 5.52 Å². The minimum atomic E-state index is -0.0590. The van der Waals surface area contributed by atoms with Crippen LogP contribution in [0.1, 0.15) is 6.92 Å². The summed E-state index contributed by atoms with van der Waals surface area (Å²) in [4.78, 5) is 27.2. The summed E-state index contributed by atoms with van der Waals surface area (Å²) in [7, 11) is 1.73. The van der Waals surface area contributed by atoms with E-state index < -0.39 is 0 Å². The molecule has 0 spiro atoms. The maximum atomic E-state index is 12.1. The second kappa shape index (κ2) is 7.58. The Morgan fingerprint density at radius 1 is 1.52 bits per heavy atom. The second-order valence-corrected chi connectivity index (χ2v) is 6.32. The van der Waals surface area contributed by atoms with Crippen LogP contribution in [-0.4, -0.2) is 41.0 Å². The molecule has 0 radical (unpaired) electrons. The van der Waals surface area contributed by atoms with E-state index in [1.165, 1.54) is 30.0 Å². The van der Waals surface area contributed by atoms with Gasteiger partial charge in [0.15, 0.2) is 5.16 Å². The molecular weight excluding hydrogens is 310 g/mol. The molecule has 0 saturated carbocycles. The summed E-state index contributed by atoms with van der Waals surface area (Å²) >= 11 is 2.90. The van der Waals surface area contributed by atoms with Gasteiger partial charge in [-0.2, -0.15) is 0 Å². The van der Waals surface area contributed by atoms with Gasteiger partial charge in [0.05, 0.1) is 18.7 Å². The van der Waals surface area contributed by atoms with Gasteiger partial charge in [-0.25, -0.2) is 4.98 Å². The van der Waals surface area contributed by atoms with Gasteiger partial charge in [0.2, 0.25) is 5.91 Å². The summed E-state index contributed by atoms with van der Waals surface area (Å²) in [6.45, 7) is 3.01. The number of carbonyl (C=O) groups is 1. The first-order valence-corrected chi connectivity index (χ1v) is 8.35. The van der Waals surface area contributed by atoms with Crippen LogP contribution < -0.4 is 10.9 Å². The van der Waals surface area contributed by atoms with Crippen molar-refractivity contribution in [2.45, 2.75) is 12.1 Å². The van der Waals surface area contributed by atoms with E-state index in [4.69, 9.17) is 4.74 Å². The number of hydrogen-bond donors (Lipinski definition) is 1. The topological polar surface area (TPSA) is 73.2 Å². The molecule has 8 heteroatoms. The van der Waals surface area contributed by atoms with Crippen LogP contribution in [0.25, 0.3) is 10.2 Å². The van der Waals surface area contributed by atoms with Crippen molar-refractivity contribution in [2.75, 3.05) is 25.5 Å². The number of carbonyl (C=O) groups excluding carboxylic acids is 1. The van der Waals surface area contributed by atoms with Crippen molar-refractivity contribution in [1.29, 1.82) is 0 Å². The summed E-state index contributed by atoms with van der Waals surface area (Å²) in [5, 5.41) is 5.23. The van der Waals surface area contributed by atoms with Crippen molar-refractivity contribution >= 4 is 39.2 Å². The minimum Gasteiger partial charge on any atom is -0.379 e. The van der Waals surface area contributed by atoms with Crippen LogP contribution in [0.3, 0.4) is 0 Å². The van der Waals surface area contributed by atoms with Crippen molar-refractivity contribution in [3.63, 3.8) is 0 Å². The average molecular weight is 327 g/mol. The number of thioether (sulfide) groups is 1. The number of ether oxygens (including phenoxy) is 1. The fourth-order valence-corrected chi connectivity index (χ4v) is 3.32. The lowest BCUT2D eigenvalue weighted by molar-refractivity contribution is -0.119. The smallest absolute Gasteiger partial charge is 0.271 e. The highest BCUT2D eigenvalue weighted by Gasteiger charge is 2.09. The molecule has 21 heavy (non-hydrogen) atoms. The summed E-state index contributed by atoms with van der Waals surface area (Å²) in [5.41, 5.74) is 0.737. The molecule has 2 aromatic rings. The Hall–Kier alpha value is -1.38. The third-order valence-electron chi connectivity index (χ3n) is 2.73. The first-order valence-electron chi connectivity index (χ1n) is 6.49. The van der Waals surface area contributed by atoms with Gasteiger partial charge >= 0.3 is 0 Å². The zero-order chi connectivity index (χ0) is 15.2. The number of hydrogen-bond acceptors (Lipinski definition) is 6. The van der Waals surface area contributed by atoms with E-state index in [1.54, 1.807) is 11.6 Å².